The Labute approximate surface area is 138 Å². The standard InChI is InChI=1S/C21H24N2/c1-3-23(4-2)16-15-22-21-19-11-7-5-9-17(19)13-14-18-10-6-8-12-20(18)21/h5-14H,3-4,15-16H2,1-2H3. The molecule has 0 aliphatic heterocycles. The molecular formula is C21H24N2. The van der Waals surface area contributed by atoms with Crippen molar-refractivity contribution >= 4 is 21.5 Å². The largest absolute Gasteiger partial charge is 0.302 e. The van der Waals surface area contributed by atoms with E-state index in [1.807, 2.05) is 0 Å². The number of benzene rings is 2. The van der Waals surface area contributed by atoms with Crippen molar-refractivity contribution in [3.63, 3.8) is 0 Å². The summed E-state index contributed by atoms with van der Waals surface area (Å²) in [5, 5.41) is 6.06. The van der Waals surface area contributed by atoms with E-state index in [4.69, 9.17) is 4.99 Å². The number of hydrogen-bond donors (Lipinski definition) is 0. The van der Waals surface area contributed by atoms with E-state index in [-0.39, 0.29) is 0 Å². The second-order valence-electron chi connectivity index (χ2n) is 5.77. The van der Waals surface area contributed by atoms with Crippen molar-refractivity contribution in [1.82, 2.24) is 4.90 Å². The summed E-state index contributed by atoms with van der Waals surface area (Å²) in [5.41, 5.74) is 0. The Bertz CT molecular complexity index is 802. The third-order valence-electron chi connectivity index (χ3n) is 4.45. The van der Waals surface area contributed by atoms with Crippen LogP contribution < -0.4 is 5.36 Å². The van der Waals surface area contributed by atoms with Crippen LogP contribution in [0.15, 0.2) is 65.7 Å². The summed E-state index contributed by atoms with van der Waals surface area (Å²) in [6.07, 6.45) is 0. The predicted octanol–water partition coefficient (Wildman–Crippen LogP) is 4.24. The molecule has 0 N–H and O–H groups in total. The van der Waals surface area contributed by atoms with Crippen LogP contribution >= 0.6 is 0 Å². The van der Waals surface area contributed by atoms with E-state index in [0.29, 0.717) is 0 Å². The second-order valence-corrected chi connectivity index (χ2v) is 5.77. The Hall–Kier alpha value is -2.19. The van der Waals surface area contributed by atoms with Gasteiger partial charge in [0.05, 0.1) is 11.9 Å². The van der Waals surface area contributed by atoms with Gasteiger partial charge in [-0.05, 0) is 23.9 Å². The number of nitrogens with zero attached hydrogens (tertiary/aromatic N) is 2. The van der Waals surface area contributed by atoms with E-state index >= 15 is 0 Å². The van der Waals surface area contributed by atoms with Crippen molar-refractivity contribution in [2.75, 3.05) is 26.2 Å². The minimum absolute atomic E-state index is 0.833. The third-order valence-corrected chi connectivity index (χ3v) is 4.45. The molecule has 3 rings (SSSR count). The fourth-order valence-electron chi connectivity index (χ4n) is 3.05. The van der Waals surface area contributed by atoms with E-state index in [1.165, 1.54) is 21.5 Å². The number of rotatable bonds is 5. The molecule has 2 heteroatoms. The molecule has 0 aliphatic carbocycles. The molecule has 23 heavy (non-hydrogen) atoms. The molecule has 0 spiro atoms. The van der Waals surface area contributed by atoms with Gasteiger partial charge in [0, 0.05) is 17.3 Å². The summed E-state index contributed by atoms with van der Waals surface area (Å²) in [7, 11) is 0. The highest BCUT2D eigenvalue weighted by atomic mass is 15.1. The minimum atomic E-state index is 0.833. The Balaban J connectivity index is 2.18. The maximum atomic E-state index is 5.00. The zero-order valence-corrected chi connectivity index (χ0v) is 14.0. The van der Waals surface area contributed by atoms with Crippen molar-refractivity contribution in [2.24, 2.45) is 4.99 Å². The SMILES string of the molecule is CCN(CC)CCN=c1c2ccccc2ccc2ccccc12. The highest BCUT2D eigenvalue weighted by Crippen LogP contribution is 2.15. The summed E-state index contributed by atoms with van der Waals surface area (Å²) >= 11 is 0. The smallest absolute Gasteiger partial charge is 0.0731 e. The topological polar surface area (TPSA) is 15.6 Å². The van der Waals surface area contributed by atoms with Crippen LogP contribution in [-0.4, -0.2) is 31.1 Å². The molecule has 0 amide bonds. The molecule has 2 nitrogen and oxygen atoms in total. The molecule has 0 saturated carbocycles. The van der Waals surface area contributed by atoms with Crippen LogP contribution in [0.5, 0.6) is 0 Å². The fourth-order valence-corrected chi connectivity index (χ4v) is 3.05. The molecule has 0 aromatic heterocycles. The van der Waals surface area contributed by atoms with Gasteiger partial charge in [-0.25, -0.2) is 0 Å². The molecule has 0 saturated heterocycles. The number of hydrogen-bond acceptors (Lipinski definition) is 2. The lowest BCUT2D eigenvalue weighted by Crippen LogP contribution is -2.26. The maximum Gasteiger partial charge on any atom is 0.0731 e. The van der Waals surface area contributed by atoms with Crippen molar-refractivity contribution in [2.45, 2.75) is 13.8 Å². The molecular weight excluding hydrogens is 280 g/mol. The first-order valence-electron chi connectivity index (χ1n) is 8.47. The quantitative estimate of drug-likeness (QED) is 0.688. The zero-order chi connectivity index (χ0) is 16.1. The van der Waals surface area contributed by atoms with Gasteiger partial charge >= 0.3 is 0 Å². The normalized spacial score (nSPS) is 11.3. The molecule has 0 radical (unpaired) electrons. The summed E-state index contributed by atoms with van der Waals surface area (Å²) in [4.78, 5) is 7.41. The van der Waals surface area contributed by atoms with Gasteiger partial charge in [0.25, 0.3) is 0 Å². The van der Waals surface area contributed by atoms with Crippen molar-refractivity contribution in [3.05, 3.63) is 66.0 Å². The molecule has 0 atom stereocenters. The third kappa shape index (κ3) is 3.43. The van der Waals surface area contributed by atoms with Crippen LogP contribution in [0.1, 0.15) is 13.8 Å². The molecule has 0 bridgehead atoms. The highest BCUT2D eigenvalue weighted by molar-refractivity contribution is 5.92. The second kappa shape index (κ2) is 7.38. The van der Waals surface area contributed by atoms with Crippen LogP contribution in [0.2, 0.25) is 0 Å². The Morgan fingerprint density at radius 1 is 0.739 bits per heavy atom. The van der Waals surface area contributed by atoms with Crippen molar-refractivity contribution < 1.29 is 0 Å². The molecule has 3 aromatic carbocycles. The van der Waals surface area contributed by atoms with Gasteiger partial charge in [-0.2, -0.15) is 0 Å². The first kappa shape index (κ1) is 15.7. The van der Waals surface area contributed by atoms with Gasteiger partial charge in [0.15, 0.2) is 0 Å². The lowest BCUT2D eigenvalue weighted by atomic mass is 10.1. The predicted molar refractivity (Wildman–Crippen MR) is 99.7 cm³/mol. The van der Waals surface area contributed by atoms with Crippen molar-refractivity contribution in [1.29, 1.82) is 0 Å². The molecule has 0 heterocycles. The molecule has 0 aliphatic rings. The van der Waals surface area contributed by atoms with E-state index in [0.717, 1.165) is 31.5 Å². The number of fused-ring (bicyclic) bond motifs is 2. The van der Waals surface area contributed by atoms with E-state index in [9.17, 15) is 0 Å². The summed E-state index contributed by atoms with van der Waals surface area (Å²) in [5.74, 6) is 0. The summed E-state index contributed by atoms with van der Waals surface area (Å²) in [6.45, 7) is 8.41. The average molecular weight is 304 g/mol. The van der Waals surface area contributed by atoms with E-state index in [2.05, 4.69) is 79.4 Å². The van der Waals surface area contributed by atoms with Gasteiger partial charge in [0.2, 0.25) is 0 Å². The van der Waals surface area contributed by atoms with E-state index in [1.54, 1.807) is 0 Å². The van der Waals surface area contributed by atoms with Crippen molar-refractivity contribution in [3.8, 4) is 0 Å². The maximum absolute atomic E-state index is 5.00. The Morgan fingerprint density at radius 3 is 1.78 bits per heavy atom. The Morgan fingerprint density at radius 2 is 1.26 bits per heavy atom. The van der Waals surface area contributed by atoms with Crippen LogP contribution in [0.4, 0.5) is 0 Å². The highest BCUT2D eigenvalue weighted by Gasteiger charge is 2.01. The van der Waals surface area contributed by atoms with Gasteiger partial charge in [-0.1, -0.05) is 74.5 Å². The molecule has 0 fully saturated rings. The lowest BCUT2D eigenvalue weighted by molar-refractivity contribution is 0.312. The summed E-state index contributed by atoms with van der Waals surface area (Å²) < 4.78 is 0. The van der Waals surface area contributed by atoms with Gasteiger partial charge in [-0.15, -0.1) is 0 Å². The van der Waals surface area contributed by atoms with E-state index < -0.39 is 0 Å². The molecule has 0 unspecified atom stereocenters. The average Bonchev–Trinajstić information content (AvgIpc) is 2.76. The lowest BCUT2D eigenvalue weighted by Gasteiger charge is -2.15. The first-order chi connectivity index (χ1) is 11.3. The summed E-state index contributed by atoms with van der Waals surface area (Å²) in [6, 6.07) is 21.5. The Kier molecular flexibility index (Phi) is 5.04. The van der Waals surface area contributed by atoms with Gasteiger partial charge < -0.3 is 4.90 Å². The van der Waals surface area contributed by atoms with Crippen LogP contribution in [0, 0.1) is 0 Å². The van der Waals surface area contributed by atoms with Gasteiger partial charge in [-0.3, -0.25) is 4.99 Å². The fraction of sp³-hybridized carbons (Fsp3) is 0.286. The van der Waals surface area contributed by atoms with Crippen LogP contribution in [0.3, 0.4) is 0 Å². The first-order valence-corrected chi connectivity index (χ1v) is 8.47. The van der Waals surface area contributed by atoms with Crippen LogP contribution in [0.25, 0.3) is 21.5 Å². The zero-order valence-electron chi connectivity index (χ0n) is 14.0. The molecule has 118 valence electrons. The minimum Gasteiger partial charge on any atom is -0.302 e. The molecule has 3 aromatic rings. The van der Waals surface area contributed by atoms with Crippen LogP contribution in [-0.2, 0) is 0 Å². The monoisotopic (exact) mass is 304 g/mol. The van der Waals surface area contributed by atoms with Gasteiger partial charge in [0.1, 0.15) is 0 Å². The number of likely N-dealkylation sites (N-methyl/N-ethyl adjacent to an activating group) is 1.